The van der Waals surface area contributed by atoms with Crippen LogP contribution in [-0.2, 0) is 14.8 Å². The van der Waals surface area contributed by atoms with E-state index in [0.717, 1.165) is 27.8 Å². The molecule has 0 atom stereocenters. The van der Waals surface area contributed by atoms with Crippen LogP contribution in [0.3, 0.4) is 0 Å². The van der Waals surface area contributed by atoms with Crippen molar-refractivity contribution in [1.29, 1.82) is 0 Å². The molecule has 166 valence electrons. The van der Waals surface area contributed by atoms with E-state index in [1.165, 1.54) is 13.1 Å². The normalized spacial score (nSPS) is 12.2. The second kappa shape index (κ2) is 9.08. The van der Waals surface area contributed by atoms with Crippen molar-refractivity contribution < 1.29 is 31.1 Å². The molecule has 0 unspecified atom stereocenters. The van der Waals surface area contributed by atoms with E-state index in [-0.39, 0.29) is 5.13 Å². The summed E-state index contributed by atoms with van der Waals surface area (Å²) in [4.78, 5) is 16.3. The molecule has 0 fully saturated rings. The van der Waals surface area contributed by atoms with Crippen LogP contribution in [0.25, 0.3) is 10.2 Å². The molecule has 1 heterocycles. The lowest BCUT2D eigenvalue weighted by molar-refractivity contribution is -0.274. The first kappa shape index (κ1) is 22.8. The lowest BCUT2D eigenvalue weighted by atomic mass is 10.3. The smallest absolute Gasteiger partial charge is 0.406 e. The van der Waals surface area contributed by atoms with E-state index in [1.54, 1.807) is 30.3 Å². The molecular weight excluding hydrogens is 457 g/mol. The quantitative estimate of drug-likeness (QED) is 0.519. The maximum absolute atomic E-state index is 12.3. The highest BCUT2D eigenvalue weighted by molar-refractivity contribution is 7.89. The number of carbonyl (C=O) groups is 1. The van der Waals surface area contributed by atoms with Crippen molar-refractivity contribution in [2.24, 2.45) is 0 Å². The minimum absolute atomic E-state index is 0.123. The summed E-state index contributed by atoms with van der Waals surface area (Å²) in [5.41, 5.74) is 0.982. The van der Waals surface area contributed by atoms with E-state index in [2.05, 4.69) is 20.4 Å². The van der Waals surface area contributed by atoms with Crippen LogP contribution in [0.15, 0.2) is 48.5 Å². The molecule has 31 heavy (non-hydrogen) atoms. The maximum atomic E-state index is 12.3. The third-order valence-corrected chi connectivity index (χ3v) is 6.44. The van der Waals surface area contributed by atoms with Gasteiger partial charge in [0.1, 0.15) is 11.6 Å². The highest BCUT2D eigenvalue weighted by Crippen LogP contribution is 2.31. The monoisotopic (exact) mass is 474 g/mol. The molecule has 3 rings (SSSR count). The van der Waals surface area contributed by atoms with Gasteiger partial charge in [-0.2, -0.15) is 4.31 Å². The van der Waals surface area contributed by atoms with Crippen molar-refractivity contribution in [2.75, 3.05) is 30.1 Å². The number of alkyl halides is 3. The number of ether oxygens (including phenoxy) is 1. The Hall–Kier alpha value is -2.90. The van der Waals surface area contributed by atoms with Crippen LogP contribution in [0, 0.1) is 0 Å². The Morgan fingerprint density at radius 2 is 1.90 bits per heavy atom. The third kappa shape index (κ3) is 6.54. The van der Waals surface area contributed by atoms with Gasteiger partial charge < -0.3 is 15.4 Å². The van der Waals surface area contributed by atoms with Crippen molar-refractivity contribution in [3.8, 4) is 5.75 Å². The van der Waals surface area contributed by atoms with Crippen molar-refractivity contribution in [3.05, 3.63) is 48.5 Å². The Kier molecular flexibility index (Phi) is 6.67. The van der Waals surface area contributed by atoms with Crippen molar-refractivity contribution in [1.82, 2.24) is 9.29 Å². The van der Waals surface area contributed by atoms with Crippen LogP contribution >= 0.6 is 11.3 Å². The fourth-order valence-electron chi connectivity index (χ4n) is 2.46. The molecule has 0 bridgehead atoms. The third-order valence-electron chi connectivity index (χ3n) is 3.91. The van der Waals surface area contributed by atoms with E-state index >= 15 is 0 Å². The fraction of sp³-hybridized carbons (Fsp3) is 0.222. The number of halogens is 3. The number of sulfonamides is 1. The molecule has 0 radical (unpaired) electrons. The predicted octanol–water partition coefficient (Wildman–Crippen LogP) is 3.46. The van der Waals surface area contributed by atoms with Crippen LogP contribution in [0.2, 0.25) is 0 Å². The summed E-state index contributed by atoms with van der Waals surface area (Å²) in [7, 11) is -2.51. The molecule has 3 aromatic rings. The summed E-state index contributed by atoms with van der Waals surface area (Å²) >= 11 is 0.937. The highest BCUT2D eigenvalue weighted by atomic mass is 32.2. The number of benzene rings is 2. The summed E-state index contributed by atoms with van der Waals surface area (Å²) in [6.07, 6.45) is -4.82. The number of para-hydroxylation sites is 1. The lowest BCUT2D eigenvalue weighted by Crippen LogP contribution is -2.37. The molecule has 0 aliphatic rings. The van der Waals surface area contributed by atoms with Crippen LogP contribution in [0.5, 0.6) is 5.75 Å². The zero-order chi connectivity index (χ0) is 22.6. The number of hydrogen-bond acceptors (Lipinski definition) is 7. The van der Waals surface area contributed by atoms with Crippen molar-refractivity contribution >= 4 is 48.3 Å². The Morgan fingerprint density at radius 3 is 2.58 bits per heavy atom. The van der Waals surface area contributed by atoms with Gasteiger partial charge in [0.25, 0.3) is 0 Å². The topological polar surface area (TPSA) is 101 Å². The number of likely N-dealkylation sites (N-methyl/N-ethyl adjacent to an activating group) is 1. The minimum atomic E-state index is -4.82. The molecule has 8 nitrogen and oxygen atoms in total. The molecule has 13 heteroatoms. The van der Waals surface area contributed by atoms with E-state index in [1.807, 2.05) is 0 Å². The first-order valence-electron chi connectivity index (χ1n) is 8.71. The van der Waals surface area contributed by atoms with E-state index in [9.17, 15) is 26.4 Å². The second-order valence-electron chi connectivity index (χ2n) is 6.30. The molecule has 0 aliphatic carbocycles. The zero-order valence-corrected chi connectivity index (χ0v) is 17.6. The van der Waals surface area contributed by atoms with Gasteiger partial charge in [-0.3, -0.25) is 4.79 Å². The first-order valence-corrected chi connectivity index (χ1v) is 11.1. The summed E-state index contributed by atoms with van der Waals surface area (Å²) in [5, 5.41) is 5.34. The molecule has 0 aliphatic heterocycles. The molecule has 2 aromatic carbocycles. The number of rotatable bonds is 8. The van der Waals surface area contributed by atoms with Crippen LogP contribution in [-0.4, -0.2) is 49.4 Å². The van der Waals surface area contributed by atoms with Gasteiger partial charge >= 0.3 is 6.36 Å². The van der Waals surface area contributed by atoms with Gasteiger partial charge in [0, 0.05) is 18.8 Å². The molecule has 1 aromatic heterocycles. The van der Waals surface area contributed by atoms with Crippen molar-refractivity contribution in [2.45, 2.75) is 6.36 Å². The van der Waals surface area contributed by atoms with E-state index in [0.29, 0.717) is 15.9 Å². The second-order valence-corrected chi connectivity index (χ2v) is 9.41. The molecule has 0 saturated heterocycles. The number of nitrogens with one attached hydrogen (secondary N) is 2. The van der Waals surface area contributed by atoms with Gasteiger partial charge in [0.05, 0.1) is 16.8 Å². The molecular formula is C18H17F3N4O4S2. The summed E-state index contributed by atoms with van der Waals surface area (Å²) in [5.74, 6) is -1.45. The standard InChI is InChI=1S/C18H17F3N4O4S2/c1-25(31(27,28)11-22-12-5-3-2-4-6-12)10-16(26)24-17-23-14-8-7-13(9-15(14)30-17)29-18(19,20)21/h2-9,22H,10-11H2,1H3,(H,23,24,26). The number of nitrogens with zero attached hydrogens (tertiary/aromatic N) is 2. The maximum Gasteiger partial charge on any atom is 0.573 e. The Morgan fingerprint density at radius 1 is 1.19 bits per heavy atom. The summed E-state index contributed by atoms with van der Waals surface area (Å²) < 4.78 is 66.8. The van der Waals surface area contributed by atoms with Gasteiger partial charge in [0.2, 0.25) is 15.9 Å². The number of thiazole rings is 1. The minimum Gasteiger partial charge on any atom is -0.406 e. The van der Waals surface area contributed by atoms with Crippen LogP contribution in [0.4, 0.5) is 24.0 Å². The number of anilines is 2. The van der Waals surface area contributed by atoms with Crippen molar-refractivity contribution in [3.63, 3.8) is 0 Å². The number of aromatic nitrogens is 1. The summed E-state index contributed by atoms with van der Waals surface area (Å²) in [6.45, 7) is -0.461. The van der Waals surface area contributed by atoms with E-state index in [4.69, 9.17) is 0 Å². The zero-order valence-electron chi connectivity index (χ0n) is 16.0. The Labute approximate surface area is 179 Å². The largest absolute Gasteiger partial charge is 0.573 e. The number of carbonyl (C=O) groups excluding carboxylic acids is 1. The van der Waals surface area contributed by atoms with Gasteiger partial charge in [-0.25, -0.2) is 13.4 Å². The van der Waals surface area contributed by atoms with Gasteiger partial charge in [-0.1, -0.05) is 29.5 Å². The average Bonchev–Trinajstić information content (AvgIpc) is 3.07. The molecule has 2 N–H and O–H groups in total. The summed E-state index contributed by atoms with van der Waals surface area (Å²) in [6, 6.07) is 12.3. The molecule has 0 saturated carbocycles. The first-order chi connectivity index (χ1) is 14.5. The van der Waals surface area contributed by atoms with E-state index < -0.39 is 40.5 Å². The highest BCUT2D eigenvalue weighted by Gasteiger charge is 2.31. The number of hydrogen-bond donors (Lipinski definition) is 2. The number of fused-ring (bicyclic) bond motifs is 1. The van der Waals surface area contributed by atoms with Gasteiger partial charge in [0.15, 0.2) is 5.13 Å². The lowest BCUT2D eigenvalue weighted by Gasteiger charge is -2.17. The predicted molar refractivity (Wildman–Crippen MR) is 111 cm³/mol. The Bertz CT molecular complexity index is 1170. The van der Waals surface area contributed by atoms with Crippen LogP contribution < -0.4 is 15.4 Å². The number of amides is 1. The molecule has 1 amide bonds. The SMILES string of the molecule is CN(CC(=O)Nc1nc2ccc(OC(F)(F)F)cc2s1)S(=O)(=O)CNc1ccccc1. The fourth-order valence-corrected chi connectivity index (χ4v) is 4.25. The van der Waals surface area contributed by atoms with Gasteiger partial charge in [-0.15, -0.1) is 13.2 Å². The molecule has 0 spiro atoms. The van der Waals surface area contributed by atoms with Gasteiger partial charge in [-0.05, 0) is 24.3 Å². The van der Waals surface area contributed by atoms with Crippen LogP contribution in [0.1, 0.15) is 0 Å². The Balaban J connectivity index is 1.59. The average molecular weight is 474 g/mol.